The summed E-state index contributed by atoms with van der Waals surface area (Å²) in [6.45, 7) is 0. The quantitative estimate of drug-likeness (QED) is 0.359. The third kappa shape index (κ3) is 5.02. The first kappa shape index (κ1) is 18.9. The summed E-state index contributed by atoms with van der Waals surface area (Å²) in [6.07, 6.45) is 1.18. The SMILES string of the molecule is COc1ccc(NC(=O)C(=O)NN=Cc2cccc([N+](=O)[O-])c2)cc1Cl. The number of hydrogen-bond donors (Lipinski definition) is 2. The fourth-order valence-corrected chi connectivity index (χ4v) is 2.12. The Morgan fingerprint density at radius 1 is 1.23 bits per heavy atom. The van der Waals surface area contributed by atoms with Crippen molar-refractivity contribution in [1.29, 1.82) is 0 Å². The number of rotatable bonds is 5. The fourth-order valence-electron chi connectivity index (χ4n) is 1.87. The molecule has 0 spiro atoms. The number of methoxy groups -OCH3 is 1. The normalized spacial score (nSPS) is 10.4. The van der Waals surface area contributed by atoms with E-state index in [1.165, 1.54) is 49.7 Å². The van der Waals surface area contributed by atoms with Gasteiger partial charge in [-0.15, -0.1) is 0 Å². The summed E-state index contributed by atoms with van der Waals surface area (Å²) in [5.74, 6) is -1.54. The van der Waals surface area contributed by atoms with Gasteiger partial charge in [-0.2, -0.15) is 5.10 Å². The molecule has 2 N–H and O–H groups in total. The average Bonchev–Trinajstić information content (AvgIpc) is 2.62. The number of anilines is 1. The first-order valence-electron chi connectivity index (χ1n) is 7.13. The van der Waals surface area contributed by atoms with Crippen molar-refractivity contribution in [3.63, 3.8) is 0 Å². The minimum Gasteiger partial charge on any atom is -0.495 e. The van der Waals surface area contributed by atoms with E-state index in [4.69, 9.17) is 16.3 Å². The maximum absolute atomic E-state index is 11.8. The van der Waals surface area contributed by atoms with Gasteiger partial charge in [0, 0.05) is 23.4 Å². The number of carbonyl (C=O) groups is 2. The maximum Gasteiger partial charge on any atom is 0.329 e. The first-order valence-corrected chi connectivity index (χ1v) is 7.51. The highest BCUT2D eigenvalue weighted by Crippen LogP contribution is 2.27. The van der Waals surface area contributed by atoms with Crippen LogP contribution in [0, 0.1) is 10.1 Å². The molecule has 26 heavy (non-hydrogen) atoms. The summed E-state index contributed by atoms with van der Waals surface area (Å²) in [5.41, 5.74) is 2.61. The highest BCUT2D eigenvalue weighted by molar-refractivity contribution is 6.40. The van der Waals surface area contributed by atoms with Crippen LogP contribution in [0.3, 0.4) is 0 Å². The Morgan fingerprint density at radius 3 is 2.65 bits per heavy atom. The number of nitro groups is 1. The predicted molar refractivity (Wildman–Crippen MR) is 95.5 cm³/mol. The Bertz CT molecular complexity index is 885. The first-order chi connectivity index (χ1) is 12.4. The molecular formula is C16H13ClN4O5. The van der Waals surface area contributed by atoms with Crippen LogP contribution in [0.5, 0.6) is 5.75 Å². The molecule has 0 unspecified atom stereocenters. The van der Waals surface area contributed by atoms with Crippen molar-refractivity contribution < 1.29 is 19.2 Å². The number of carbonyl (C=O) groups excluding carboxylic acids is 2. The summed E-state index contributed by atoms with van der Waals surface area (Å²) in [7, 11) is 1.45. The van der Waals surface area contributed by atoms with E-state index in [1.807, 2.05) is 5.43 Å². The fraction of sp³-hybridized carbons (Fsp3) is 0.0625. The second-order valence-electron chi connectivity index (χ2n) is 4.85. The van der Waals surface area contributed by atoms with E-state index >= 15 is 0 Å². The molecule has 0 bridgehead atoms. The van der Waals surface area contributed by atoms with Gasteiger partial charge in [0.1, 0.15) is 5.75 Å². The smallest absolute Gasteiger partial charge is 0.329 e. The number of non-ortho nitro benzene ring substituents is 1. The van der Waals surface area contributed by atoms with Crippen molar-refractivity contribution in [3.8, 4) is 5.75 Å². The van der Waals surface area contributed by atoms with Crippen LogP contribution in [0.25, 0.3) is 0 Å². The number of amides is 2. The van der Waals surface area contributed by atoms with E-state index in [0.717, 1.165) is 0 Å². The zero-order valence-corrected chi connectivity index (χ0v) is 14.2. The third-order valence-electron chi connectivity index (χ3n) is 3.08. The van der Waals surface area contributed by atoms with Crippen molar-refractivity contribution in [2.75, 3.05) is 12.4 Å². The average molecular weight is 377 g/mol. The van der Waals surface area contributed by atoms with Crippen LogP contribution < -0.4 is 15.5 Å². The van der Waals surface area contributed by atoms with Crippen LogP contribution in [0.4, 0.5) is 11.4 Å². The summed E-state index contributed by atoms with van der Waals surface area (Å²) in [4.78, 5) is 33.7. The second-order valence-corrected chi connectivity index (χ2v) is 5.26. The number of nitro benzene ring substituents is 1. The zero-order valence-electron chi connectivity index (χ0n) is 13.4. The van der Waals surface area contributed by atoms with Gasteiger partial charge in [-0.1, -0.05) is 23.7 Å². The van der Waals surface area contributed by atoms with Crippen LogP contribution in [-0.4, -0.2) is 30.1 Å². The number of hydrogen-bond acceptors (Lipinski definition) is 6. The predicted octanol–water partition coefficient (Wildman–Crippen LogP) is 2.35. The van der Waals surface area contributed by atoms with Gasteiger partial charge in [-0.05, 0) is 18.2 Å². The van der Waals surface area contributed by atoms with E-state index in [1.54, 1.807) is 6.07 Å². The van der Waals surface area contributed by atoms with Crippen LogP contribution in [0.2, 0.25) is 5.02 Å². The standard InChI is InChI=1S/C16H13ClN4O5/c1-26-14-6-5-11(8-13(14)17)19-15(22)16(23)20-18-9-10-3-2-4-12(7-10)21(24)25/h2-9H,1H3,(H,19,22)(H,20,23). The largest absolute Gasteiger partial charge is 0.495 e. The van der Waals surface area contributed by atoms with E-state index in [-0.39, 0.29) is 10.7 Å². The molecule has 0 saturated carbocycles. The molecule has 2 aromatic carbocycles. The molecule has 0 aliphatic heterocycles. The van der Waals surface area contributed by atoms with Crippen LogP contribution >= 0.6 is 11.6 Å². The minimum atomic E-state index is -1.02. The van der Waals surface area contributed by atoms with Crippen molar-refractivity contribution >= 4 is 41.0 Å². The molecule has 2 rings (SSSR count). The highest BCUT2D eigenvalue weighted by Gasteiger charge is 2.14. The van der Waals surface area contributed by atoms with E-state index in [2.05, 4.69) is 10.4 Å². The Morgan fingerprint density at radius 2 is 2.00 bits per heavy atom. The van der Waals surface area contributed by atoms with E-state index in [9.17, 15) is 19.7 Å². The second kappa shape index (κ2) is 8.58. The van der Waals surface area contributed by atoms with E-state index < -0.39 is 16.7 Å². The summed E-state index contributed by atoms with van der Waals surface area (Å²) in [5, 5.41) is 16.9. The molecule has 9 nitrogen and oxygen atoms in total. The summed E-state index contributed by atoms with van der Waals surface area (Å²) >= 11 is 5.93. The van der Waals surface area contributed by atoms with Gasteiger partial charge in [-0.3, -0.25) is 19.7 Å². The number of benzene rings is 2. The van der Waals surface area contributed by atoms with Crippen molar-refractivity contribution in [1.82, 2.24) is 5.43 Å². The molecule has 134 valence electrons. The minimum absolute atomic E-state index is 0.116. The van der Waals surface area contributed by atoms with E-state index in [0.29, 0.717) is 17.0 Å². The van der Waals surface area contributed by atoms with Gasteiger partial charge in [0.05, 0.1) is 23.3 Å². The number of nitrogens with one attached hydrogen (secondary N) is 2. The molecule has 0 aliphatic carbocycles. The molecule has 10 heteroatoms. The number of ether oxygens (including phenoxy) is 1. The van der Waals surface area contributed by atoms with Gasteiger partial charge >= 0.3 is 11.8 Å². The van der Waals surface area contributed by atoms with Crippen LogP contribution in [0.1, 0.15) is 5.56 Å². The van der Waals surface area contributed by atoms with Crippen LogP contribution in [0.15, 0.2) is 47.6 Å². The number of halogens is 1. The number of nitrogens with zero attached hydrogens (tertiary/aromatic N) is 2. The Hall–Kier alpha value is -3.46. The lowest BCUT2D eigenvalue weighted by atomic mass is 10.2. The van der Waals surface area contributed by atoms with Crippen molar-refractivity contribution in [3.05, 3.63) is 63.2 Å². The molecule has 2 aromatic rings. The molecule has 0 radical (unpaired) electrons. The molecule has 0 saturated heterocycles. The summed E-state index contributed by atoms with van der Waals surface area (Å²) < 4.78 is 4.99. The topological polar surface area (TPSA) is 123 Å². The van der Waals surface area contributed by atoms with Crippen molar-refractivity contribution in [2.45, 2.75) is 0 Å². The monoisotopic (exact) mass is 376 g/mol. The maximum atomic E-state index is 11.8. The summed E-state index contributed by atoms with van der Waals surface area (Å²) in [6, 6.07) is 10.1. The highest BCUT2D eigenvalue weighted by atomic mass is 35.5. The molecule has 0 atom stereocenters. The lowest BCUT2D eigenvalue weighted by Gasteiger charge is -2.07. The lowest BCUT2D eigenvalue weighted by molar-refractivity contribution is -0.384. The Labute approximate surface area is 152 Å². The van der Waals surface area contributed by atoms with Gasteiger partial charge in [0.15, 0.2) is 0 Å². The Kier molecular flexibility index (Phi) is 6.23. The molecular weight excluding hydrogens is 364 g/mol. The molecule has 2 amide bonds. The zero-order chi connectivity index (χ0) is 19.1. The molecule has 0 fully saturated rings. The van der Waals surface area contributed by atoms with Gasteiger partial charge in [0.25, 0.3) is 5.69 Å². The molecule has 0 heterocycles. The van der Waals surface area contributed by atoms with Crippen LogP contribution in [-0.2, 0) is 9.59 Å². The molecule has 0 aliphatic rings. The molecule has 0 aromatic heterocycles. The van der Waals surface area contributed by atoms with Gasteiger partial charge < -0.3 is 10.1 Å². The Balaban J connectivity index is 1.95. The lowest BCUT2D eigenvalue weighted by Crippen LogP contribution is -2.32. The van der Waals surface area contributed by atoms with Gasteiger partial charge in [-0.25, -0.2) is 5.43 Å². The number of hydrazone groups is 1. The van der Waals surface area contributed by atoms with Crippen molar-refractivity contribution in [2.24, 2.45) is 5.10 Å². The third-order valence-corrected chi connectivity index (χ3v) is 3.37. The van der Waals surface area contributed by atoms with Gasteiger partial charge in [0.2, 0.25) is 0 Å².